The Balaban J connectivity index is 1.74. The number of hydrogen-bond acceptors (Lipinski definition) is 1. The van der Waals surface area contributed by atoms with Crippen LogP contribution in [0.4, 0.5) is 5.69 Å². The van der Waals surface area contributed by atoms with Crippen LogP contribution in [0.25, 0.3) is 0 Å². The highest BCUT2D eigenvalue weighted by molar-refractivity contribution is 5.95. The molecule has 114 valence electrons. The van der Waals surface area contributed by atoms with Gasteiger partial charge in [-0.2, -0.15) is 0 Å². The van der Waals surface area contributed by atoms with Gasteiger partial charge < -0.3 is 4.90 Å². The number of aryl methyl sites for hydroxylation is 3. The van der Waals surface area contributed by atoms with Crippen molar-refractivity contribution in [3.05, 3.63) is 65.2 Å². The summed E-state index contributed by atoms with van der Waals surface area (Å²) >= 11 is 0. The van der Waals surface area contributed by atoms with E-state index in [0.29, 0.717) is 12.5 Å². The second-order valence-corrected chi connectivity index (χ2v) is 6.27. The van der Waals surface area contributed by atoms with Crippen molar-refractivity contribution < 1.29 is 4.79 Å². The van der Waals surface area contributed by atoms with Gasteiger partial charge in [-0.15, -0.1) is 0 Å². The lowest BCUT2D eigenvalue weighted by atomic mass is 9.96. The number of amides is 1. The Labute approximate surface area is 132 Å². The van der Waals surface area contributed by atoms with E-state index in [1.165, 1.54) is 16.7 Å². The number of hydrogen-bond donors (Lipinski definition) is 0. The average molecular weight is 293 g/mol. The minimum absolute atomic E-state index is 0.237. The second kappa shape index (κ2) is 6.35. The summed E-state index contributed by atoms with van der Waals surface area (Å²) in [6, 6.07) is 17.0. The molecule has 0 N–H and O–H groups in total. The highest BCUT2D eigenvalue weighted by Crippen LogP contribution is 2.31. The van der Waals surface area contributed by atoms with Crippen molar-refractivity contribution in [3.63, 3.8) is 0 Å². The van der Waals surface area contributed by atoms with Crippen molar-refractivity contribution in [2.45, 2.75) is 45.6 Å². The summed E-state index contributed by atoms with van der Waals surface area (Å²) in [5, 5.41) is 0. The van der Waals surface area contributed by atoms with Gasteiger partial charge in [-0.25, -0.2) is 0 Å². The smallest absolute Gasteiger partial charge is 0.227 e. The zero-order valence-electron chi connectivity index (χ0n) is 13.4. The van der Waals surface area contributed by atoms with E-state index < -0.39 is 0 Å². The van der Waals surface area contributed by atoms with E-state index in [4.69, 9.17) is 0 Å². The first-order valence-electron chi connectivity index (χ1n) is 8.10. The summed E-state index contributed by atoms with van der Waals surface area (Å²) in [4.78, 5) is 14.8. The van der Waals surface area contributed by atoms with Gasteiger partial charge in [0.05, 0.1) is 0 Å². The number of nitrogens with zero attached hydrogens (tertiary/aromatic N) is 1. The third kappa shape index (κ3) is 3.06. The molecule has 0 aromatic heterocycles. The predicted molar refractivity (Wildman–Crippen MR) is 91.2 cm³/mol. The number of benzene rings is 2. The van der Waals surface area contributed by atoms with Gasteiger partial charge in [0.1, 0.15) is 0 Å². The van der Waals surface area contributed by atoms with Crippen LogP contribution >= 0.6 is 0 Å². The molecule has 1 aliphatic rings. The van der Waals surface area contributed by atoms with E-state index in [0.717, 1.165) is 24.9 Å². The molecule has 0 radical (unpaired) electrons. The van der Waals surface area contributed by atoms with Crippen LogP contribution in [0.3, 0.4) is 0 Å². The Bertz CT molecular complexity index is 677. The number of carbonyl (C=O) groups is 1. The van der Waals surface area contributed by atoms with E-state index in [1.54, 1.807) is 0 Å². The molecule has 0 aliphatic carbocycles. The zero-order valence-corrected chi connectivity index (χ0v) is 13.4. The van der Waals surface area contributed by atoms with Crippen LogP contribution in [-0.2, 0) is 17.6 Å². The summed E-state index contributed by atoms with van der Waals surface area (Å²) in [6.45, 7) is 4.24. The highest BCUT2D eigenvalue weighted by Gasteiger charge is 2.27. The molecular formula is C20H23NO. The van der Waals surface area contributed by atoms with Crippen LogP contribution in [0.15, 0.2) is 48.5 Å². The second-order valence-electron chi connectivity index (χ2n) is 6.27. The largest absolute Gasteiger partial charge is 0.309 e. The molecule has 0 saturated heterocycles. The summed E-state index contributed by atoms with van der Waals surface area (Å²) < 4.78 is 0. The van der Waals surface area contributed by atoms with E-state index >= 15 is 0 Å². The van der Waals surface area contributed by atoms with Crippen molar-refractivity contribution in [1.29, 1.82) is 0 Å². The fraction of sp³-hybridized carbons (Fsp3) is 0.350. The third-order valence-electron chi connectivity index (χ3n) is 4.50. The molecule has 0 saturated carbocycles. The number of carbonyl (C=O) groups excluding carboxylic acids is 1. The Hall–Kier alpha value is -2.09. The molecule has 3 rings (SSSR count). The molecule has 2 nitrogen and oxygen atoms in total. The van der Waals surface area contributed by atoms with Gasteiger partial charge >= 0.3 is 0 Å². The molecule has 1 unspecified atom stereocenters. The van der Waals surface area contributed by atoms with Gasteiger partial charge in [0.25, 0.3) is 0 Å². The van der Waals surface area contributed by atoms with Crippen LogP contribution in [0.5, 0.6) is 0 Å². The van der Waals surface area contributed by atoms with E-state index in [9.17, 15) is 4.79 Å². The van der Waals surface area contributed by atoms with Gasteiger partial charge in [-0.1, -0.05) is 48.0 Å². The predicted octanol–water partition coefficient (Wildman–Crippen LogP) is 4.30. The zero-order chi connectivity index (χ0) is 15.5. The van der Waals surface area contributed by atoms with Crippen LogP contribution in [0.1, 0.15) is 36.5 Å². The summed E-state index contributed by atoms with van der Waals surface area (Å²) in [5.41, 5.74) is 4.90. The lowest BCUT2D eigenvalue weighted by Gasteiger charge is -2.35. The molecule has 1 amide bonds. The third-order valence-corrected chi connectivity index (χ3v) is 4.50. The van der Waals surface area contributed by atoms with E-state index in [1.807, 2.05) is 11.0 Å². The SMILES string of the molecule is Cc1cccc(CCC(=O)N2c3ccccc3CCC2C)c1. The number of anilines is 1. The normalized spacial score (nSPS) is 17.2. The van der Waals surface area contributed by atoms with E-state index in [2.05, 4.69) is 56.3 Å². The lowest BCUT2D eigenvalue weighted by molar-refractivity contribution is -0.119. The van der Waals surface area contributed by atoms with Gasteiger partial charge in [0.15, 0.2) is 0 Å². The van der Waals surface area contributed by atoms with Gasteiger partial charge in [-0.05, 0) is 50.3 Å². The molecule has 1 aliphatic heterocycles. The maximum absolute atomic E-state index is 12.8. The molecule has 2 aromatic carbocycles. The number of rotatable bonds is 3. The maximum Gasteiger partial charge on any atom is 0.227 e. The average Bonchev–Trinajstić information content (AvgIpc) is 2.52. The van der Waals surface area contributed by atoms with Crippen LogP contribution < -0.4 is 4.90 Å². The Kier molecular flexibility index (Phi) is 4.28. The lowest BCUT2D eigenvalue weighted by Crippen LogP contribution is -2.42. The maximum atomic E-state index is 12.8. The molecule has 1 atom stereocenters. The Morgan fingerprint density at radius 3 is 2.82 bits per heavy atom. The van der Waals surface area contributed by atoms with Crippen LogP contribution in [-0.4, -0.2) is 11.9 Å². The Morgan fingerprint density at radius 1 is 1.18 bits per heavy atom. The van der Waals surface area contributed by atoms with Crippen LogP contribution in [0.2, 0.25) is 0 Å². The van der Waals surface area contributed by atoms with Crippen molar-refractivity contribution in [2.24, 2.45) is 0 Å². The summed E-state index contributed by atoms with van der Waals surface area (Å²) in [7, 11) is 0. The van der Waals surface area contributed by atoms with Crippen molar-refractivity contribution in [1.82, 2.24) is 0 Å². The minimum Gasteiger partial charge on any atom is -0.309 e. The fourth-order valence-electron chi connectivity index (χ4n) is 3.31. The molecule has 2 aromatic rings. The van der Waals surface area contributed by atoms with Gasteiger partial charge in [0.2, 0.25) is 5.91 Å². The number of fused-ring (bicyclic) bond motifs is 1. The first-order valence-corrected chi connectivity index (χ1v) is 8.10. The monoisotopic (exact) mass is 293 g/mol. The molecule has 0 spiro atoms. The minimum atomic E-state index is 0.237. The standard InChI is InChI=1S/C20H23NO/c1-15-6-5-7-17(14-15)11-13-20(22)21-16(2)10-12-18-8-3-4-9-19(18)21/h3-9,14,16H,10-13H2,1-2H3. The Morgan fingerprint density at radius 2 is 2.00 bits per heavy atom. The molecule has 22 heavy (non-hydrogen) atoms. The van der Waals surface area contributed by atoms with Gasteiger partial charge in [-0.3, -0.25) is 4.79 Å². The van der Waals surface area contributed by atoms with Crippen molar-refractivity contribution in [3.8, 4) is 0 Å². The summed E-state index contributed by atoms with van der Waals surface area (Å²) in [6.07, 6.45) is 3.50. The number of para-hydroxylation sites is 1. The first kappa shape index (κ1) is 14.8. The quantitative estimate of drug-likeness (QED) is 0.826. The van der Waals surface area contributed by atoms with Crippen molar-refractivity contribution in [2.75, 3.05) is 4.90 Å². The van der Waals surface area contributed by atoms with Gasteiger partial charge in [0, 0.05) is 18.2 Å². The summed E-state index contributed by atoms with van der Waals surface area (Å²) in [5.74, 6) is 0.237. The molecule has 1 heterocycles. The van der Waals surface area contributed by atoms with E-state index in [-0.39, 0.29) is 5.91 Å². The fourth-order valence-corrected chi connectivity index (χ4v) is 3.31. The first-order chi connectivity index (χ1) is 10.6. The molecule has 0 bridgehead atoms. The molecule has 0 fully saturated rings. The van der Waals surface area contributed by atoms with Crippen LogP contribution in [0, 0.1) is 6.92 Å². The highest BCUT2D eigenvalue weighted by atomic mass is 16.2. The molecule has 2 heteroatoms. The molecular weight excluding hydrogens is 270 g/mol. The topological polar surface area (TPSA) is 20.3 Å². The van der Waals surface area contributed by atoms with Crippen molar-refractivity contribution >= 4 is 11.6 Å².